The van der Waals surface area contributed by atoms with E-state index in [1.165, 1.54) is 6.26 Å². The summed E-state index contributed by atoms with van der Waals surface area (Å²) in [5, 5.41) is 23.5. The van der Waals surface area contributed by atoms with Crippen LogP contribution in [-0.2, 0) is 4.74 Å². The van der Waals surface area contributed by atoms with Crippen LogP contribution in [0.1, 0.15) is 29.9 Å². The van der Waals surface area contributed by atoms with Gasteiger partial charge in [0.25, 0.3) is 5.91 Å². The van der Waals surface area contributed by atoms with Gasteiger partial charge in [-0.25, -0.2) is 0 Å². The minimum absolute atomic E-state index is 0.126. The summed E-state index contributed by atoms with van der Waals surface area (Å²) < 4.78 is 10.1. The molecule has 0 saturated carbocycles. The van der Waals surface area contributed by atoms with Crippen LogP contribution in [0, 0.1) is 18.8 Å². The molecule has 3 atom stereocenters. The number of rotatable bonds is 5. The fourth-order valence-electron chi connectivity index (χ4n) is 2.64. The van der Waals surface area contributed by atoms with Crippen molar-refractivity contribution in [2.45, 2.75) is 33.0 Å². The Kier molecular flexibility index (Phi) is 5.55. The summed E-state index contributed by atoms with van der Waals surface area (Å²) in [6.07, 6.45) is -0.458. The van der Waals surface area contributed by atoms with Gasteiger partial charge in [0.2, 0.25) is 0 Å². The molecule has 1 amide bonds. The molecule has 0 bridgehead atoms. The van der Waals surface area contributed by atoms with Crippen LogP contribution in [-0.4, -0.2) is 64.7 Å². The fraction of sp³-hybridized carbons (Fsp3) is 0.733. The van der Waals surface area contributed by atoms with Crippen LogP contribution in [0.25, 0.3) is 0 Å². The molecule has 1 aliphatic heterocycles. The first-order valence-corrected chi connectivity index (χ1v) is 7.54. The van der Waals surface area contributed by atoms with Crippen molar-refractivity contribution in [3.63, 3.8) is 0 Å². The van der Waals surface area contributed by atoms with Crippen molar-refractivity contribution < 1.29 is 24.3 Å². The van der Waals surface area contributed by atoms with Crippen molar-refractivity contribution in [2.75, 3.05) is 26.3 Å². The number of aliphatic hydroxyl groups excluding tert-OH is 2. The number of aliphatic hydroxyl groups is 2. The van der Waals surface area contributed by atoms with E-state index in [0.29, 0.717) is 31.0 Å². The molecule has 1 aromatic rings. The number of hydrogen-bond acceptors (Lipinski definition) is 6. The molecular weight excluding hydrogens is 288 g/mol. The summed E-state index contributed by atoms with van der Waals surface area (Å²) >= 11 is 0. The lowest BCUT2D eigenvalue weighted by molar-refractivity contribution is -0.124. The number of hydrogen-bond donors (Lipinski definition) is 2. The Balaban J connectivity index is 2.12. The zero-order valence-corrected chi connectivity index (χ0v) is 13.2. The van der Waals surface area contributed by atoms with Crippen molar-refractivity contribution in [1.82, 2.24) is 10.1 Å². The molecule has 0 radical (unpaired) electrons. The molecule has 0 aliphatic carbocycles. The maximum Gasteiger partial charge on any atom is 0.259 e. The summed E-state index contributed by atoms with van der Waals surface area (Å²) in [6.45, 7) is 7.06. The van der Waals surface area contributed by atoms with E-state index in [-0.39, 0.29) is 24.3 Å². The molecule has 7 heteroatoms. The predicted molar refractivity (Wildman–Crippen MR) is 78.3 cm³/mol. The van der Waals surface area contributed by atoms with Gasteiger partial charge in [-0.1, -0.05) is 19.0 Å². The van der Waals surface area contributed by atoms with Gasteiger partial charge >= 0.3 is 0 Å². The lowest BCUT2D eigenvalue weighted by Crippen LogP contribution is -2.50. The quantitative estimate of drug-likeness (QED) is 0.819. The molecule has 0 unspecified atom stereocenters. The van der Waals surface area contributed by atoms with Crippen molar-refractivity contribution >= 4 is 5.91 Å². The Morgan fingerprint density at radius 1 is 1.45 bits per heavy atom. The van der Waals surface area contributed by atoms with Crippen LogP contribution in [0.2, 0.25) is 0 Å². The highest BCUT2D eigenvalue weighted by Gasteiger charge is 2.34. The lowest BCUT2D eigenvalue weighted by atomic mass is 9.95. The second kappa shape index (κ2) is 7.21. The molecule has 124 valence electrons. The van der Waals surface area contributed by atoms with E-state index >= 15 is 0 Å². The molecule has 1 aliphatic rings. The highest BCUT2D eigenvalue weighted by molar-refractivity contribution is 5.94. The Morgan fingerprint density at radius 2 is 2.18 bits per heavy atom. The zero-order chi connectivity index (χ0) is 16.3. The standard InChI is InChI=1S/C15H24N2O5/c1-9(2)4-17(15(20)12-7-22-16-10(12)3)5-11-6-21-8-13(18)14(11)19/h7,9,11,13-14,18-19H,4-6,8H2,1-3H3/t11-,13-,14+/m1/s1. The lowest BCUT2D eigenvalue weighted by Gasteiger charge is -2.36. The smallest absolute Gasteiger partial charge is 0.259 e. The molecule has 2 rings (SSSR count). The summed E-state index contributed by atoms with van der Waals surface area (Å²) in [5.74, 6) is -0.220. The van der Waals surface area contributed by atoms with E-state index in [9.17, 15) is 15.0 Å². The molecule has 2 N–H and O–H groups in total. The highest BCUT2D eigenvalue weighted by atomic mass is 16.5. The minimum atomic E-state index is -0.910. The summed E-state index contributed by atoms with van der Waals surface area (Å²) in [5.41, 5.74) is 0.964. The topological polar surface area (TPSA) is 96.0 Å². The third-order valence-electron chi connectivity index (χ3n) is 3.81. The molecule has 1 fully saturated rings. The van der Waals surface area contributed by atoms with Crippen LogP contribution in [0.4, 0.5) is 0 Å². The van der Waals surface area contributed by atoms with Gasteiger partial charge in [-0.2, -0.15) is 0 Å². The third-order valence-corrected chi connectivity index (χ3v) is 3.81. The Hall–Kier alpha value is -1.44. The Bertz CT molecular complexity index is 502. The number of aryl methyl sites for hydroxylation is 1. The number of carbonyl (C=O) groups excluding carboxylic acids is 1. The maximum atomic E-state index is 12.7. The molecular formula is C15H24N2O5. The normalized spacial score (nSPS) is 25.5. The first-order chi connectivity index (χ1) is 10.4. The van der Waals surface area contributed by atoms with Gasteiger partial charge in [0, 0.05) is 19.0 Å². The van der Waals surface area contributed by atoms with Gasteiger partial charge in [-0.3, -0.25) is 4.79 Å². The van der Waals surface area contributed by atoms with Crippen molar-refractivity contribution in [1.29, 1.82) is 0 Å². The summed E-state index contributed by atoms with van der Waals surface area (Å²) in [4.78, 5) is 14.3. The number of aromatic nitrogens is 1. The van der Waals surface area contributed by atoms with Crippen LogP contribution in [0.15, 0.2) is 10.8 Å². The highest BCUT2D eigenvalue weighted by Crippen LogP contribution is 2.19. The average Bonchev–Trinajstić information content (AvgIpc) is 2.88. The van der Waals surface area contributed by atoms with E-state index in [2.05, 4.69) is 5.16 Å². The molecule has 22 heavy (non-hydrogen) atoms. The molecule has 0 spiro atoms. The third kappa shape index (κ3) is 3.85. The van der Waals surface area contributed by atoms with Gasteiger partial charge in [-0.15, -0.1) is 0 Å². The molecule has 2 heterocycles. The van der Waals surface area contributed by atoms with E-state index in [1.54, 1.807) is 11.8 Å². The maximum absolute atomic E-state index is 12.7. The molecule has 0 aromatic carbocycles. The number of nitrogens with zero attached hydrogens (tertiary/aromatic N) is 2. The number of amides is 1. The second-order valence-corrected chi connectivity index (χ2v) is 6.27. The molecule has 7 nitrogen and oxygen atoms in total. The zero-order valence-electron chi connectivity index (χ0n) is 13.2. The average molecular weight is 312 g/mol. The predicted octanol–water partition coefficient (Wildman–Crippen LogP) is 0.449. The fourth-order valence-corrected chi connectivity index (χ4v) is 2.64. The number of carbonyl (C=O) groups is 1. The Morgan fingerprint density at radius 3 is 2.77 bits per heavy atom. The summed E-state index contributed by atoms with van der Waals surface area (Å²) in [6, 6.07) is 0. The summed E-state index contributed by atoms with van der Waals surface area (Å²) in [7, 11) is 0. The van der Waals surface area contributed by atoms with Crippen molar-refractivity contribution in [2.24, 2.45) is 11.8 Å². The minimum Gasteiger partial charge on any atom is -0.390 e. The van der Waals surface area contributed by atoms with Crippen molar-refractivity contribution in [3.05, 3.63) is 17.5 Å². The van der Waals surface area contributed by atoms with Gasteiger partial charge < -0.3 is 24.4 Å². The second-order valence-electron chi connectivity index (χ2n) is 6.27. The van der Waals surface area contributed by atoms with E-state index in [1.807, 2.05) is 13.8 Å². The SMILES string of the molecule is Cc1nocc1C(=O)N(CC(C)C)C[C@@H]1COC[C@@H](O)[C@H]1O. The van der Waals surface area contributed by atoms with E-state index < -0.39 is 12.2 Å². The van der Waals surface area contributed by atoms with Gasteiger partial charge in [-0.05, 0) is 12.8 Å². The van der Waals surface area contributed by atoms with Crippen molar-refractivity contribution in [3.8, 4) is 0 Å². The molecule has 1 aromatic heterocycles. The van der Waals surface area contributed by atoms with Gasteiger partial charge in [0.05, 0.1) is 25.0 Å². The van der Waals surface area contributed by atoms with Gasteiger partial charge in [0.15, 0.2) is 0 Å². The number of ether oxygens (including phenoxy) is 1. The first-order valence-electron chi connectivity index (χ1n) is 7.54. The largest absolute Gasteiger partial charge is 0.390 e. The van der Waals surface area contributed by atoms with Crippen LogP contribution in [0.5, 0.6) is 0 Å². The first kappa shape index (κ1) is 16.9. The molecule has 1 saturated heterocycles. The van der Waals surface area contributed by atoms with Crippen LogP contribution >= 0.6 is 0 Å². The Labute approximate surface area is 129 Å². The monoisotopic (exact) mass is 312 g/mol. The van der Waals surface area contributed by atoms with Crippen LogP contribution in [0.3, 0.4) is 0 Å². The van der Waals surface area contributed by atoms with Gasteiger partial charge in [0.1, 0.15) is 17.9 Å². The van der Waals surface area contributed by atoms with Crippen LogP contribution < -0.4 is 0 Å². The van der Waals surface area contributed by atoms with E-state index in [4.69, 9.17) is 9.26 Å². The van der Waals surface area contributed by atoms with E-state index in [0.717, 1.165) is 0 Å².